The highest BCUT2D eigenvalue weighted by molar-refractivity contribution is 7.80. The highest BCUT2D eigenvalue weighted by Gasteiger charge is 2.03. The number of thiol groups is 1. The van der Waals surface area contributed by atoms with E-state index in [1.807, 2.05) is 0 Å². The molecule has 1 aliphatic rings. The molecule has 0 aromatic rings. The molecule has 15 heavy (non-hydrogen) atoms. The Morgan fingerprint density at radius 3 is 2.33 bits per heavy atom. The lowest BCUT2D eigenvalue weighted by Crippen LogP contribution is -1.89. The zero-order chi connectivity index (χ0) is 11.1. The van der Waals surface area contributed by atoms with E-state index in [1.54, 1.807) is 0 Å². The second kappa shape index (κ2) is 6.91. The van der Waals surface area contributed by atoms with E-state index in [9.17, 15) is 0 Å². The van der Waals surface area contributed by atoms with Gasteiger partial charge in [-0.15, -0.1) is 0 Å². The molecule has 0 spiro atoms. The van der Waals surface area contributed by atoms with Crippen LogP contribution in [0.3, 0.4) is 0 Å². The summed E-state index contributed by atoms with van der Waals surface area (Å²) in [4.78, 5) is 0. The minimum atomic E-state index is 0.274. The summed E-state index contributed by atoms with van der Waals surface area (Å²) >= 11 is 4.25. The fourth-order valence-corrected chi connectivity index (χ4v) is 2.05. The SMILES string of the molecule is CC1C=C(CCS)C=CC(CCCO)=C1. The van der Waals surface area contributed by atoms with Gasteiger partial charge in [0.2, 0.25) is 0 Å². The number of aliphatic hydroxyl groups is 1. The standard InChI is InChI=1S/C13H20OS/c1-11-9-12(3-2-7-14)4-5-13(10-11)6-8-15/h4-5,9-11,14-15H,2-3,6-8H2,1H3. The van der Waals surface area contributed by atoms with Crippen LogP contribution in [0.2, 0.25) is 0 Å². The van der Waals surface area contributed by atoms with Crippen LogP contribution in [0.25, 0.3) is 0 Å². The molecule has 1 unspecified atom stereocenters. The van der Waals surface area contributed by atoms with E-state index in [0.29, 0.717) is 5.92 Å². The van der Waals surface area contributed by atoms with E-state index in [-0.39, 0.29) is 6.61 Å². The van der Waals surface area contributed by atoms with Gasteiger partial charge in [0.05, 0.1) is 0 Å². The molecule has 1 nitrogen and oxygen atoms in total. The molecule has 1 aliphatic carbocycles. The number of rotatable bonds is 5. The van der Waals surface area contributed by atoms with Gasteiger partial charge in [-0.25, -0.2) is 0 Å². The maximum atomic E-state index is 8.79. The van der Waals surface area contributed by atoms with E-state index in [1.165, 1.54) is 11.1 Å². The molecule has 0 heterocycles. The van der Waals surface area contributed by atoms with E-state index in [4.69, 9.17) is 5.11 Å². The topological polar surface area (TPSA) is 20.2 Å². The number of allylic oxidation sites excluding steroid dienone is 6. The van der Waals surface area contributed by atoms with Crippen LogP contribution in [0.15, 0.2) is 35.5 Å². The third-order valence-electron chi connectivity index (χ3n) is 2.49. The number of hydrogen-bond acceptors (Lipinski definition) is 2. The second-order valence-corrected chi connectivity index (χ2v) is 4.42. The van der Waals surface area contributed by atoms with Crippen molar-refractivity contribution in [1.29, 1.82) is 0 Å². The van der Waals surface area contributed by atoms with E-state index in [2.05, 4.69) is 43.9 Å². The Morgan fingerprint density at radius 2 is 1.80 bits per heavy atom. The first-order valence-corrected chi connectivity index (χ1v) is 6.20. The zero-order valence-electron chi connectivity index (χ0n) is 9.32. The highest BCUT2D eigenvalue weighted by Crippen LogP contribution is 2.20. The predicted octanol–water partition coefficient (Wildman–Crippen LogP) is 3.14. The van der Waals surface area contributed by atoms with Crippen LogP contribution in [-0.2, 0) is 0 Å². The molecule has 0 bridgehead atoms. The predicted molar refractivity (Wildman–Crippen MR) is 69.3 cm³/mol. The third-order valence-corrected chi connectivity index (χ3v) is 2.71. The Hall–Kier alpha value is -0.470. The smallest absolute Gasteiger partial charge is 0.0434 e. The normalized spacial score (nSPS) is 20.9. The largest absolute Gasteiger partial charge is 0.396 e. The molecule has 0 radical (unpaired) electrons. The third kappa shape index (κ3) is 4.72. The first-order chi connectivity index (χ1) is 7.26. The number of hydrogen-bond donors (Lipinski definition) is 2. The first-order valence-electron chi connectivity index (χ1n) is 5.57. The minimum Gasteiger partial charge on any atom is -0.396 e. The van der Waals surface area contributed by atoms with Gasteiger partial charge < -0.3 is 5.11 Å². The van der Waals surface area contributed by atoms with Crippen LogP contribution in [0, 0.1) is 5.92 Å². The molecule has 0 amide bonds. The molecule has 0 saturated heterocycles. The van der Waals surface area contributed by atoms with Gasteiger partial charge in [0.1, 0.15) is 0 Å². The van der Waals surface area contributed by atoms with E-state index >= 15 is 0 Å². The Labute approximate surface area is 98.0 Å². The van der Waals surface area contributed by atoms with Crippen molar-refractivity contribution in [3.63, 3.8) is 0 Å². The molecule has 0 aromatic heterocycles. The van der Waals surface area contributed by atoms with Crippen LogP contribution in [0.4, 0.5) is 0 Å². The maximum absolute atomic E-state index is 8.79. The molecule has 1 atom stereocenters. The molecule has 0 aromatic carbocycles. The van der Waals surface area contributed by atoms with Crippen molar-refractivity contribution in [2.75, 3.05) is 12.4 Å². The van der Waals surface area contributed by atoms with Gasteiger partial charge in [-0.3, -0.25) is 0 Å². The molecule has 84 valence electrons. The van der Waals surface area contributed by atoms with Crippen LogP contribution < -0.4 is 0 Å². The molecule has 0 fully saturated rings. The van der Waals surface area contributed by atoms with Crippen LogP contribution in [-0.4, -0.2) is 17.5 Å². The Morgan fingerprint density at radius 1 is 1.20 bits per heavy atom. The monoisotopic (exact) mass is 224 g/mol. The van der Waals surface area contributed by atoms with Crippen molar-refractivity contribution in [3.05, 3.63) is 35.5 Å². The molecule has 0 aliphatic heterocycles. The van der Waals surface area contributed by atoms with Crippen molar-refractivity contribution in [3.8, 4) is 0 Å². The van der Waals surface area contributed by atoms with Gasteiger partial charge >= 0.3 is 0 Å². The van der Waals surface area contributed by atoms with Crippen molar-refractivity contribution < 1.29 is 5.11 Å². The summed E-state index contributed by atoms with van der Waals surface area (Å²) in [6, 6.07) is 0. The van der Waals surface area contributed by atoms with Crippen molar-refractivity contribution in [1.82, 2.24) is 0 Å². The summed E-state index contributed by atoms with van der Waals surface area (Å²) < 4.78 is 0. The molecular weight excluding hydrogens is 204 g/mol. The molecule has 1 N–H and O–H groups in total. The van der Waals surface area contributed by atoms with Gasteiger partial charge in [0, 0.05) is 6.61 Å². The lowest BCUT2D eigenvalue weighted by atomic mass is 10.0. The summed E-state index contributed by atoms with van der Waals surface area (Å²) in [5.41, 5.74) is 2.70. The van der Waals surface area contributed by atoms with Crippen LogP contribution in [0.5, 0.6) is 0 Å². The van der Waals surface area contributed by atoms with Gasteiger partial charge in [-0.1, -0.05) is 42.4 Å². The van der Waals surface area contributed by atoms with Gasteiger partial charge in [-0.2, -0.15) is 12.6 Å². The summed E-state index contributed by atoms with van der Waals surface area (Å²) in [6.07, 6.45) is 11.8. The first kappa shape index (κ1) is 12.6. The van der Waals surface area contributed by atoms with Gasteiger partial charge in [0.25, 0.3) is 0 Å². The maximum Gasteiger partial charge on any atom is 0.0434 e. The van der Waals surface area contributed by atoms with Crippen molar-refractivity contribution >= 4 is 12.6 Å². The van der Waals surface area contributed by atoms with Gasteiger partial charge in [0.15, 0.2) is 0 Å². The average molecular weight is 224 g/mol. The van der Waals surface area contributed by atoms with E-state index in [0.717, 1.165) is 25.0 Å². The lowest BCUT2D eigenvalue weighted by Gasteiger charge is -2.02. The highest BCUT2D eigenvalue weighted by atomic mass is 32.1. The Balaban J connectivity index is 2.61. The Kier molecular flexibility index (Phi) is 5.81. The van der Waals surface area contributed by atoms with Crippen LogP contribution >= 0.6 is 12.6 Å². The molecular formula is C13H20OS. The summed E-state index contributed by atoms with van der Waals surface area (Å²) in [7, 11) is 0. The average Bonchev–Trinajstić information content (AvgIpc) is 2.38. The zero-order valence-corrected chi connectivity index (χ0v) is 10.2. The van der Waals surface area contributed by atoms with Crippen molar-refractivity contribution in [2.24, 2.45) is 5.92 Å². The summed E-state index contributed by atoms with van der Waals surface area (Å²) in [5, 5.41) is 8.79. The molecule has 1 rings (SSSR count). The quantitative estimate of drug-likeness (QED) is 0.687. The second-order valence-electron chi connectivity index (χ2n) is 3.98. The van der Waals surface area contributed by atoms with Gasteiger partial charge in [-0.05, 0) is 30.9 Å². The fourth-order valence-electron chi connectivity index (χ4n) is 1.79. The Bertz CT molecular complexity index is 276. The number of aliphatic hydroxyl groups excluding tert-OH is 1. The van der Waals surface area contributed by atoms with Crippen LogP contribution in [0.1, 0.15) is 26.2 Å². The fraction of sp³-hybridized carbons (Fsp3) is 0.538. The summed E-state index contributed by atoms with van der Waals surface area (Å²) in [5.74, 6) is 1.39. The summed E-state index contributed by atoms with van der Waals surface area (Å²) in [6.45, 7) is 2.47. The van der Waals surface area contributed by atoms with E-state index < -0.39 is 0 Å². The minimum absolute atomic E-state index is 0.274. The lowest BCUT2D eigenvalue weighted by molar-refractivity contribution is 0.289. The molecule has 2 heteroatoms. The molecule has 0 saturated carbocycles. The van der Waals surface area contributed by atoms with Crippen molar-refractivity contribution in [2.45, 2.75) is 26.2 Å².